The van der Waals surface area contributed by atoms with E-state index >= 15 is 0 Å². The van der Waals surface area contributed by atoms with Gasteiger partial charge in [-0.3, -0.25) is 9.59 Å². The number of hydrogen-bond donors (Lipinski definition) is 0. The summed E-state index contributed by atoms with van der Waals surface area (Å²) in [5, 5.41) is 0. The number of benzene rings is 3. The van der Waals surface area contributed by atoms with Crippen molar-refractivity contribution in [3.63, 3.8) is 0 Å². The van der Waals surface area contributed by atoms with Crippen molar-refractivity contribution in [2.24, 2.45) is 46.3 Å². The molecule has 1 unspecified atom stereocenters. The second-order valence-corrected chi connectivity index (χ2v) is 16.2. The minimum atomic E-state index is -1.55. The van der Waals surface area contributed by atoms with E-state index in [1.54, 1.807) is 0 Å². The molecule has 0 radical (unpaired) electrons. The van der Waals surface area contributed by atoms with Crippen LogP contribution in [0.1, 0.15) is 119 Å². The van der Waals surface area contributed by atoms with E-state index in [1.165, 1.54) is 64.2 Å². The number of carbonyl (C=O) groups is 2. The van der Waals surface area contributed by atoms with Gasteiger partial charge in [-0.2, -0.15) is 0 Å². The summed E-state index contributed by atoms with van der Waals surface area (Å²) in [6.07, 6.45) is 15.2. The first-order valence-corrected chi connectivity index (χ1v) is 18.7. The average Bonchev–Trinajstić information content (AvgIpc) is 3.47. The molecule has 0 bridgehead atoms. The molecule has 0 amide bonds. The lowest BCUT2D eigenvalue weighted by atomic mass is 9.44. The fraction of sp³-hybridized carbons (Fsp3) is 0.545. The van der Waals surface area contributed by atoms with Crippen molar-refractivity contribution in [1.29, 1.82) is 0 Å². The molecule has 0 spiro atoms. The van der Waals surface area contributed by atoms with Crippen LogP contribution < -0.4 is 0 Å². The quantitative estimate of drug-likeness (QED) is 0.174. The second kappa shape index (κ2) is 13.0. The summed E-state index contributed by atoms with van der Waals surface area (Å²) in [6, 6.07) is 28.4. The van der Waals surface area contributed by atoms with Crippen molar-refractivity contribution in [1.82, 2.24) is 0 Å². The first-order valence-electron chi connectivity index (χ1n) is 18.7. The van der Waals surface area contributed by atoms with Gasteiger partial charge in [0.2, 0.25) is 11.4 Å². The third-order valence-corrected chi connectivity index (χ3v) is 14.1. The van der Waals surface area contributed by atoms with Crippen molar-refractivity contribution >= 4 is 11.8 Å². The topological polar surface area (TPSA) is 43.4 Å². The largest absolute Gasteiger partial charge is 0.441 e. The Morgan fingerprint density at radius 3 is 2.00 bits per heavy atom. The number of ketones is 1. The SMILES string of the molecule is C[C@H](CCC(=O)OC(C(=O)c1ccccc1)(c1ccccc1)c1ccccc1)[C@H]1CC[C@H]2[C@@H]3CCC4CCCC[C@]4(C)[C@H]3CC[C@]12C. The molecule has 47 heavy (non-hydrogen) atoms. The molecular weight excluding hydrogens is 576 g/mol. The number of Topliss-reactive ketones (excluding diaryl/α,β-unsaturated/α-hetero) is 1. The summed E-state index contributed by atoms with van der Waals surface area (Å²) in [5.41, 5.74) is 1.25. The van der Waals surface area contributed by atoms with Gasteiger partial charge in [0, 0.05) is 23.1 Å². The van der Waals surface area contributed by atoms with Gasteiger partial charge >= 0.3 is 5.97 Å². The highest BCUT2D eigenvalue weighted by Crippen LogP contribution is 2.68. The van der Waals surface area contributed by atoms with Gasteiger partial charge in [0.15, 0.2) is 0 Å². The zero-order chi connectivity index (χ0) is 32.6. The molecule has 4 aliphatic rings. The summed E-state index contributed by atoms with van der Waals surface area (Å²) >= 11 is 0. The van der Waals surface area contributed by atoms with E-state index in [9.17, 15) is 9.59 Å². The molecular formula is C44H54O3. The first kappa shape index (κ1) is 32.4. The van der Waals surface area contributed by atoms with E-state index in [2.05, 4.69) is 20.8 Å². The molecule has 4 aliphatic carbocycles. The van der Waals surface area contributed by atoms with Crippen LogP contribution in [0, 0.1) is 46.3 Å². The minimum absolute atomic E-state index is 0.221. The third kappa shape index (κ3) is 5.60. The Morgan fingerprint density at radius 1 is 0.723 bits per heavy atom. The van der Waals surface area contributed by atoms with Gasteiger partial charge in [-0.15, -0.1) is 0 Å². The maximum absolute atomic E-state index is 14.5. The van der Waals surface area contributed by atoms with Crippen LogP contribution in [0.2, 0.25) is 0 Å². The number of fused-ring (bicyclic) bond motifs is 5. The molecule has 3 heteroatoms. The van der Waals surface area contributed by atoms with Gasteiger partial charge < -0.3 is 4.74 Å². The molecule has 0 aromatic heterocycles. The number of carbonyl (C=O) groups excluding carboxylic acids is 2. The van der Waals surface area contributed by atoms with E-state index in [0.717, 1.165) is 30.1 Å². The van der Waals surface area contributed by atoms with Crippen molar-refractivity contribution in [3.05, 3.63) is 108 Å². The molecule has 4 saturated carbocycles. The molecule has 0 N–H and O–H groups in total. The molecule has 7 rings (SSSR count). The Morgan fingerprint density at radius 2 is 1.34 bits per heavy atom. The molecule has 248 valence electrons. The Kier molecular flexibility index (Phi) is 8.96. The van der Waals surface area contributed by atoms with E-state index in [1.807, 2.05) is 91.0 Å². The smallest absolute Gasteiger partial charge is 0.307 e. The van der Waals surface area contributed by atoms with Crippen LogP contribution in [0.25, 0.3) is 0 Å². The van der Waals surface area contributed by atoms with Crippen LogP contribution in [-0.4, -0.2) is 11.8 Å². The fourth-order valence-electron chi connectivity index (χ4n) is 11.8. The van der Waals surface area contributed by atoms with Gasteiger partial charge in [-0.05, 0) is 104 Å². The summed E-state index contributed by atoms with van der Waals surface area (Å²) < 4.78 is 6.51. The van der Waals surface area contributed by atoms with Crippen molar-refractivity contribution in [2.45, 2.75) is 103 Å². The number of rotatable bonds is 9. The fourth-order valence-corrected chi connectivity index (χ4v) is 11.8. The monoisotopic (exact) mass is 630 g/mol. The van der Waals surface area contributed by atoms with Crippen LogP contribution in [0.15, 0.2) is 91.0 Å². The van der Waals surface area contributed by atoms with Crippen LogP contribution in [0.4, 0.5) is 0 Å². The summed E-state index contributed by atoms with van der Waals surface area (Å²) in [4.78, 5) is 28.5. The number of esters is 1. The second-order valence-electron chi connectivity index (χ2n) is 16.2. The molecule has 3 aromatic rings. The lowest BCUT2D eigenvalue weighted by Crippen LogP contribution is -2.53. The summed E-state index contributed by atoms with van der Waals surface area (Å²) in [7, 11) is 0. The lowest BCUT2D eigenvalue weighted by Gasteiger charge is -2.61. The predicted molar refractivity (Wildman–Crippen MR) is 189 cm³/mol. The van der Waals surface area contributed by atoms with Gasteiger partial charge in [-0.1, -0.05) is 125 Å². The molecule has 3 nitrogen and oxygen atoms in total. The standard InChI is InChI=1S/C44H54O3/c1-31(37-25-26-38-36-24-23-33-17-13-14-29-42(33,2)39(36)28-30-43(37,38)3)22-27-40(45)47-44(34-18-9-5-10-19-34,35-20-11-6-12-21-35)41(46)32-15-7-4-8-16-32/h4-12,15-16,18-21,31,33,36-39H,13-14,17,22-30H2,1-3H3/t31-,33?,36+,37-,38+,39+,42+,43-/m1/s1. The highest BCUT2D eigenvalue weighted by Gasteiger charge is 2.60. The van der Waals surface area contributed by atoms with Gasteiger partial charge in [0.1, 0.15) is 0 Å². The zero-order valence-electron chi connectivity index (χ0n) is 28.8. The summed E-state index contributed by atoms with van der Waals surface area (Å²) in [6.45, 7) is 7.67. The Labute approximate surface area is 282 Å². The van der Waals surface area contributed by atoms with E-state index in [-0.39, 0.29) is 11.8 Å². The van der Waals surface area contributed by atoms with Crippen molar-refractivity contribution in [3.8, 4) is 0 Å². The van der Waals surface area contributed by atoms with Crippen LogP contribution in [0.5, 0.6) is 0 Å². The third-order valence-electron chi connectivity index (χ3n) is 14.1. The first-order chi connectivity index (χ1) is 22.8. The number of ether oxygens (including phenoxy) is 1. The summed E-state index contributed by atoms with van der Waals surface area (Å²) in [5.74, 6) is 4.12. The molecule has 0 aliphatic heterocycles. The van der Waals surface area contributed by atoms with Crippen molar-refractivity contribution in [2.75, 3.05) is 0 Å². The van der Waals surface area contributed by atoms with E-state index < -0.39 is 5.60 Å². The number of hydrogen-bond acceptors (Lipinski definition) is 3. The maximum atomic E-state index is 14.5. The van der Waals surface area contributed by atoms with Gasteiger partial charge in [0.05, 0.1) is 0 Å². The highest BCUT2D eigenvalue weighted by atomic mass is 16.6. The molecule has 4 fully saturated rings. The van der Waals surface area contributed by atoms with E-state index in [4.69, 9.17) is 4.74 Å². The zero-order valence-corrected chi connectivity index (χ0v) is 28.8. The van der Waals surface area contributed by atoms with Gasteiger partial charge in [-0.25, -0.2) is 0 Å². The Hall–Kier alpha value is -3.20. The Balaban J connectivity index is 1.09. The maximum Gasteiger partial charge on any atom is 0.307 e. The molecule has 3 aromatic carbocycles. The normalized spacial score (nSPS) is 32.4. The Bertz CT molecular complexity index is 1490. The predicted octanol–water partition coefficient (Wildman–Crippen LogP) is 10.8. The molecule has 0 saturated heterocycles. The van der Waals surface area contributed by atoms with E-state index in [0.29, 0.717) is 45.8 Å². The van der Waals surface area contributed by atoms with Crippen LogP contribution in [0.3, 0.4) is 0 Å². The van der Waals surface area contributed by atoms with Crippen molar-refractivity contribution < 1.29 is 14.3 Å². The van der Waals surface area contributed by atoms with Crippen LogP contribution in [-0.2, 0) is 15.1 Å². The van der Waals surface area contributed by atoms with Gasteiger partial charge in [0.25, 0.3) is 0 Å². The highest BCUT2D eigenvalue weighted by molar-refractivity contribution is 6.06. The lowest BCUT2D eigenvalue weighted by molar-refractivity contribution is -0.153. The average molecular weight is 631 g/mol. The molecule has 0 heterocycles. The minimum Gasteiger partial charge on any atom is -0.441 e. The van der Waals surface area contributed by atoms with Crippen LogP contribution >= 0.6 is 0 Å². The molecule has 8 atom stereocenters.